The van der Waals surface area contributed by atoms with Gasteiger partial charge in [0.05, 0.1) is 12.4 Å². The lowest BCUT2D eigenvalue weighted by Gasteiger charge is -2.58. The standard InChI is InChI=1S/C18H26O3/c1-17-8-7-14-12(13(17)5-6-15(17)19)4-3-11-9-16(20)21-10-18(11,14)2/h6,11-14,19H,3-5,7-10H2,1-2H3/t11-,12-,13-,14-,17-,18-/m0/s1. The Kier molecular flexibility index (Phi) is 2.78. The molecule has 1 heterocycles. The molecule has 0 bridgehead atoms. The number of ether oxygens (including phenoxy) is 1. The first-order chi connectivity index (χ1) is 9.95. The van der Waals surface area contributed by atoms with Gasteiger partial charge < -0.3 is 9.84 Å². The van der Waals surface area contributed by atoms with Crippen molar-refractivity contribution in [1.82, 2.24) is 0 Å². The molecule has 4 rings (SSSR count). The second-order valence-corrected chi connectivity index (χ2v) is 8.30. The SMILES string of the molecule is C[C@]12COC(=O)C[C@@H]1CC[C@@H]1[C@@H]2CC[C@]2(C)C(O)=CC[C@@H]12. The molecule has 0 unspecified atom stereocenters. The highest BCUT2D eigenvalue weighted by atomic mass is 16.5. The van der Waals surface area contributed by atoms with Crippen molar-refractivity contribution in [3.05, 3.63) is 11.8 Å². The molecule has 3 aliphatic carbocycles. The summed E-state index contributed by atoms with van der Waals surface area (Å²) in [7, 11) is 0. The first-order valence-corrected chi connectivity index (χ1v) is 8.50. The Morgan fingerprint density at radius 3 is 2.86 bits per heavy atom. The van der Waals surface area contributed by atoms with Gasteiger partial charge in [-0.05, 0) is 61.9 Å². The van der Waals surface area contributed by atoms with Crippen LogP contribution in [0.3, 0.4) is 0 Å². The van der Waals surface area contributed by atoms with Gasteiger partial charge in [0.1, 0.15) is 0 Å². The maximum atomic E-state index is 11.6. The van der Waals surface area contributed by atoms with Gasteiger partial charge in [-0.2, -0.15) is 0 Å². The lowest BCUT2D eigenvalue weighted by atomic mass is 9.47. The number of carbonyl (C=O) groups is 1. The van der Waals surface area contributed by atoms with E-state index in [2.05, 4.69) is 19.9 Å². The smallest absolute Gasteiger partial charge is 0.306 e. The molecule has 4 aliphatic rings. The van der Waals surface area contributed by atoms with Gasteiger partial charge in [-0.25, -0.2) is 0 Å². The van der Waals surface area contributed by atoms with E-state index in [9.17, 15) is 9.90 Å². The minimum absolute atomic E-state index is 0.00301. The maximum absolute atomic E-state index is 11.6. The average Bonchev–Trinajstić information content (AvgIpc) is 2.76. The summed E-state index contributed by atoms with van der Waals surface area (Å²) in [6.07, 6.45) is 8.33. The Bertz CT molecular complexity index is 511. The summed E-state index contributed by atoms with van der Waals surface area (Å²) in [5.74, 6) is 3.06. The van der Waals surface area contributed by atoms with Crippen LogP contribution in [0, 0.1) is 34.5 Å². The van der Waals surface area contributed by atoms with E-state index in [1.165, 1.54) is 12.8 Å². The molecule has 21 heavy (non-hydrogen) atoms. The number of aliphatic hydroxyl groups is 1. The van der Waals surface area contributed by atoms with E-state index < -0.39 is 0 Å². The minimum Gasteiger partial charge on any atom is -0.512 e. The summed E-state index contributed by atoms with van der Waals surface area (Å²) in [5, 5.41) is 10.3. The van der Waals surface area contributed by atoms with Crippen molar-refractivity contribution in [3.8, 4) is 0 Å². The Hall–Kier alpha value is -0.990. The van der Waals surface area contributed by atoms with E-state index in [1.807, 2.05) is 0 Å². The summed E-state index contributed by atoms with van der Waals surface area (Å²) in [6.45, 7) is 5.22. The third-order valence-corrected chi connectivity index (χ3v) is 7.56. The predicted octanol–water partition coefficient (Wildman–Crippen LogP) is 3.84. The van der Waals surface area contributed by atoms with Crippen molar-refractivity contribution in [2.45, 2.75) is 52.4 Å². The van der Waals surface area contributed by atoms with Gasteiger partial charge >= 0.3 is 5.97 Å². The predicted molar refractivity (Wildman–Crippen MR) is 79.5 cm³/mol. The van der Waals surface area contributed by atoms with Crippen molar-refractivity contribution < 1.29 is 14.6 Å². The number of hydrogen-bond donors (Lipinski definition) is 1. The zero-order chi connectivity index (χ0) is 14.8. The van der Waals surface area contributed by atoms with Crippen LogP contribution < -0.4 is 0 Å². The zero-order valence-electron chi connectivity index (χ0n) is 13.1. The highest BCUT2D eigenvalue weighted by molar-refractivity contribution is 5.70. The van der Waals surface area contributed by atoms with Gasteiger partial charge in [-0.1, -0.05) is 13.8 Å². The molecule has 2 saturated carbocycles. The number of aliphatic hydroxyl groups excluding tert-OH is 1. The van der Waals surface area contributed by atoms with E-state index in [0.29, 0.717) is 42.5 Å². The molecule has 3 nitrogen and oxygen atoms in total. The molecule has 0 spiro atoms. The summed E-state index contributed by atoms with van der Waals surface area (Å²) < 4.78 is 5.46. The van der Waals surface area contributed by atoms with Crippen molar-refractivity contribution in [2.24, 2.45) is 34.5 Å². The largest absolute Gasteiger partial charge is 0.512 e. The van der Waals surface area contributed by atoms with Gasteiger partial charge in [0.2, 0.25) is 0 Å². The van der Waals surface area contributed by atoms with Crippen LogP contribution in [0.5, 0.6) is 0 Å². The first kappa shape index (κ1) is 13.7. The molecular weight excluding hydrogens is 264 g/mol. The summed E-state index contributed by atoms with van der Waals surface area (Å²) >= 11 is 0. The van der Waals surface area contributed by atoms with Gasteiger partial charge in [-0.3, -0.25) is 4.79 Å². The molecular formula is C18H26O3. The molecule has 1 saturated heterocycles. The number of hydrogen-bond acceptors (Lipinski definition) is 3. The fraction of sp³-hybridized carbons (Fsp3) is 0.833. The van der Waals surface area contributed by atoms with E-state index >= 15 is 0 Å². The molecule has 0 amide bonds. The van der Waals surface area contributed by atoms with Gasteiger partial charge in [0, 0.05) is 17.3 Å². The number of fused-ring (bicyclic) bond motifs is 5. The highest BCUT2D eigenvalue weighted by Crippen LogP contribution is 2.64. The molecule has 6 atom stereocenters. The second-order valence-electron chi connectivity index (χ2n) is 8.30. The molecule has 0 aromatic heterocycles. The number of rotatable bonds is 0. The molecule has 3 heteroatoms. The monoisotopic (exact) mass is 290 g/mol. The molecule has 0 aromatic rings. The summed E-state index contributed by atoms with van der Waals surface area (Å²) in [4.78, 5) is 11.6. The van der Waals surface area contributed by atoms with Crippen LogP contribution in [0.2, 0.25) is 0 Å². The fourth-order valence-electron chi connectivity index (χ4n) is 6.14. The molecule has 0 radical (unpaired) electrons. The maximum Gasteiger partial charge on any atom is 0.306 e. The second kappa shape index (κ2) is 4.27. The fourth-order valence-corrected chi connectivity index (χ4v) is 6.14. The van der Waals surface area contributed by atoms with E-state index in [0.717, 1.165) is 19.3 Å². The first-order valence-electron chi connectivity index (χ1n) is 8.50. The molecule has 3 fully saturated rings. The molecule has 116 valence electrons. The molecule has 1 N–H and O–H groups in total. The summed E-state index contributed by atoms with van der Waals surface area (Å²) in [6, 6.07) is 0. The highest BCUT2D eigenvalue weighted by Gasteiger charge is 2.59. The van der Waals surface area contributed by atoms with Crippen molar-refractivity contribution in [3.63, 3.8) is 0 Å². The van der Waals surface area contributed by atoms with Crippen LogP contribution in [-0.2, 0) is 9.53 Å². The topological polar surface area (TPSA) is 46.5 Å². The van der Waals surface area contributed by atoms with Crippen LogP contribution in [0.25, 0.3) is 0 Å². The van der Waals surface area contributed by atoms with Crippen LogP contribution in [0.1, 0.15) is 52.4 Å². The van der Waals surface area contributed by atoms with E-state index in [-0.39, 0.29) is 16.8 Å². The van der Waals surface area contributed by atoms with E-state index in [4.69, 9.17) is 4.74 Å². The quantitative estimate of drug-likeness (QED) is 0.689. The van der Waals surface area contributed by atoms with Crippen LogP contribution in [0.4, 0.5) is 0 Å². The van der Waals surface area contributed by atoms with Crippen LogP contribution >= 0.6 is 0 Å². The minimum atomic E-state index is -0.00301. The number of esters is 1. The number of carbonyl (C=O) groups excluding carboxylic acids is 1. The van der Waals surface area contributed by atoms with Crippen LogP contribution in [-0.4, -0.2) is 17.7 Å². The Labute approximate surface area is 126 Å². The molecule has 1 aliphatic heterocycles. The lowest BCUT2D eigenvalue weighted by Crippen LogP contribution is -2.55. The number of allylic oxidation sites excluding steroid dienone is 2. The number of cyclic esters (lactones) is 1. The van der Waals surface area contributed by atoms with Gasteiger partial charge in [0.25, 0.3) is 0 Å². The van der Waals surface area contributed by atoms with Gasteiger partial charge in [-0.15, -0.1) is 0 Å². The van der Waals surface area contributed by atoms with E-state index in [1.54, 1.807) is 0 Å². The molecule has 0 aromatic carbocycles. The third-order valence-electron chi connectivity index (χ3n) is 7.56. The Morgan fingerprint density at radius 2 is 2.05 bits per heavy atom. The van der Waals surface area contributed by atoms with Crippen LogP contribution in [0.15, 0.2) is 11.8 Å². The van der Waals surface area contributed by atoms with Gasteiger partial charge in [0.15, 0.2) is 0 Å². The zero-order valence-corrected chi connectivity index (χ0v) is 13.1. The third kappa shape index (κ3) is 1.69. The lowest BCUT2D eigenvalue weighted by molar-refractivity contribution is -0.179. The normalized spacial score (nSPS) is 52.3. The average molecular weight is 290 g/mol. The Morgan fingerprint density at radius 1 is 1.24 bits per heavy atom. The van der Waals surface area contributed by atoms with Crippen molar-refractivity contribution in [2.75, 3.05) is 6.61 Å². The summed E-state index contributed by atoms with van der Waals surface area (Å²) in [5.41, 5.74) is 0.173. The Balaban J connectivity index is 1.64. The van der Waals surface area contributed by atoms with Crippen molar-refractivity contribution in [1.29, 1.82) is 0 Å². The van der Waals surface area contributed by atoms with Crippen molar-refractivity contribution >= 4 is 5.97 Å².